The quantitative estimate of drug-likeness (QED) is 0.818. The monoisotopic (exact) mass is 303 g/mol. The van der Waals surface area contributed by atoms with Crippen LogP contribution in [0.1, 0.15) is 18.0 Å². The summed E-state index contributed by atoms with van der Waals surface area (Å²) in [5.41, 5.74) is 1.04. The molecule has 1 fully saturated rings. The van der Waals surface area contributed by atoms with Crippen molar-refractivity contribution < 1.29 is 9.47 Å². The molecule has 0 aliphatic carbocycles. The fraction of sp³-hybridized carbons (Fsp3) is 0.571. The Balaban J connectivity index is 2.17. The summed E-state index contributed by atoms with van der Waals surface area (Å²) in [4.78, 5) is 0. The van der Waals surface area contributed by atoms with Crippen LogP contribution in [0.25, 0.3) is 0 Å². The summed E-state index contributed by atoms with van der Waals surface area (Å²) in [6, 6.07) is 5.75. The van der Waals surface area contributed by atoms with Crippen LogP contribution in [-0.2, 0) is 9.47 Å². The van der Waals surface area contributed by atoms with Gasteiger partial charge in [-0.1, -0.05) is 23.2 Å². The largest absolute Gasteiger partial charge is 0.383 e. The van der Waals surface area contributed by atoms with E-state index < -0.39 is 0 Å². The van der Waals surface area contributed by atoms with Crippen LogP contribution in [0, 0.1) is 5.92 Å². The van der Waals surface area contributed by atoms with Crippen molar-refractivity contribution in [3.63, 3.8) is 0 Å². The Kier molecular flexibility index (Phi) is 5.92. The summed E-state index contributed by atoms with van der Waals surface area (Å²) >= 11 is 12.4. The molecule has 1 N–H and O–H groups in total. The zero-order valence-corrected chi connectivity index (χ0v) is 12.5. The van der Waals surface area contributed by atoms with Gasteiger partial charge in [0.1, 0.15) is 0 Å². The molecule has 0 spiro atoms. The Morgan fingerprint density at radius 3 is 3.00 bits per heavy atom. The van der Waals surface area contributed by atoms with Crippen molar-refractivity contribution in [2.45, 2.75) is 12.5 Å². The molecule has 106 valence electrons. The van der Waals surface area contributed by atoms with Gasteiger partial charge in [0, 0.05) is 42.3 Å². The molecule has 0 aromatic heterocycles. The maximum Gasteiger partial charge on any atom is 0.0587 e. The van der Waals surface area contributed by atoms with Crippen molar-refractivity contribution in [3.8, 4) is 0 Å². The number of rotatable bonds is 6. The fourth-order valence-corrected chi connectivity index (χ4v) is 2.83. The predicted octanol–water partition coefficient (Wildman–Crippen LogP) is 3.31. The Labute approximate surface area is 124 Å². The third-order valence-corrected chi connectivity index (χ3v) is 3.98. The SMILES string of the molecule is COCCN[C@H](c1cc(Cl)ccc1Cl)[C@@H]1CCOC1. The van der Waals surface area contributed by atoms with E-state index in [1.54, 1.807) is 7.11 Å². The lowest BCUT2D eigenvalue weighted by atomic mass is 9.92. The van der Waals surface area contributed by atoms with Gasteiger partial charge in [-0.05, 0) is 30.2 Å². The van der Waals surface area contributed by atoms with E-state index in [1.165, 1.54) is 0 Å². The number of hydrogen-bond donors (Lipinski definition) is 1. The van der Waals surface area contributed by atoms with Gasteiger partial charge in [-0.3, -0.25) is 0 Å². The topological polar surface area (TPSA) is 30.5 Å². The van der Waals surface area contributed by atoms with Crippen molar-refractivity contribution in [1.82, 2.24) is 5.32 Å². The minimum Gasteiger partial charge on any atom is -0.383 e. The normalized spacial score (nSPS) is 20.7. The van der Waals surface area contributed by atoms with Crippen LogP contribution in [0.4, 0.5) is 0 Å². The van der Waals surface area contributed by atoms with Gasteiger partial charge in [-0.15, -0.1) is 0 Å². The Bertz CT molecular complexity index is 408. The molecule has 5 heteroatoms. The zero-order valence-electron chi connectivity index (χ0n) is 11.0. The predicted molar refractivity (Wildman–Crippen MR) is 78.0 cm³/mol. The highest BCUT2D eigenvalue weighted by molar-refractivity contribution is 6.33. The van der Waals surface area contributed by atoms with E-state index in [9.17, 15) is 0 Å². The smallest absolute Gasteiger partial charge is 0.0587 e. The van der Waals surface area contributed by atoms with Gasteiger partial charge in [0.05, 0.1) is 13.2 Å². The van der Waals surface area contributed by atoms with Crippen molar-refractivity contribution in [2.24, 2.45) is 5.92 Å². The van der Waals surface area contributed by atoms with Crippen molar-refractivity contribution in [1.29, 1.82) is 0 Å². The molecule has 0 unspecified atom stereocenters. The number of ether oxygens (including phenoxy) is 2. The summed E-state index contributed by atoms with van der Waals surface area (Å²) in [5, 5.41) is 4.95. The second kappa shape index (κ2) is 7.46. The first-order valence-corrected chi connectivity index (χ1v) is 7.23. The first-order valence-electron chi connectivity index (χ1n) is 6.47. The first kappa shape index (κ1) is 15.1. The van der Waals surface area contributed by atoms with Crippen LogP contribution in [0.2, 0.25) is 10.0 Å². The van der Waals surface area contributed by atoms with E-state index in [0.717, 1.165) is 36.8 Å². The number of benzene rings is 1. The minimum atomic E-state index is 0.156. The molecule has 1 aromatic carbocycles. The molecule has 1 saturated heterocycles. The van der Waals surface area contributed by atoms with Gasteiger partial charge in [0.25, 0.3) is 0 Å². The highest BCUT2D eigenvalue weighted by atomic mass is 35.5. The number of halogens is 2. The second-order valence-corrected chi connectivity index (χ2v) is 5.56. The molecule has 0 saturated carbocycles. The highest BCUT2D eigenvalue weighted by Crippen LogP contribution is 2.34. The number of nitrogens with one attached hydrogen (secondary N) is 1. The molecule has 0 radical (unpaired) electrons. The average Bonchev–Trinajstić information content (AvgIpc) is 2.92. The lowest BCUT2D eigenvalue weighted by molar-refractivity contribution is 0.168. The van der Waals surface area contributed by atoms with E-state index in [1.807, 2.05) is 18.2 Å². The molecule has 1 aliphatic rings. The fourth-order valence-electron chi connectivity index (χ4n) is 2.42. The van der Waals surface area contributed by atoms with E-state index in [-0.39, 0.29) is 6.04 Å². The summed E-state index contributed by atoms with van der Waals surface area (Å²) < 4.78 is 10.6. The van der Waals surface area contributed by atoms with E-state index in [4.69, 9.17) is 32.7 Å². The molecule has 0 amide bonds. The summed E-state index contributed by atoms with van der Waals surface area (Å²) in [7, 11) is 1.70. The van der Waals surface area contributed by atoms with Gasteiger partial charge in [-0.2, -0.15) is 0 Å². The molecule has 1 aliphatic heterocycles. The molecule has 0 bridgehead atoms. The van der Waals surface area contributed by atoms with Gasteiger partial charge >= 0.3 is 0 Å². The third-order valence-electron chi connectivity index (χ3n) is 3.40. The third kappa shape index (κ3) is 4.07. The molecule has 3 nitrogen and oxygen atoms in total. The maximum absolute atomic E-state index is 6.31. The highest BCUT2D eigenvalue weighted by Gasteiger charge is 2.28. The summed E-state index contributed by atoms with van der Waals surface area (Å²) in [6.07, 6.45) is 1.04. The van der Waals surface area contributed by atoms with E-state index in [0.29, 0.717) is 17.5 Å². The Morgan fingerprint density at radius 2 is 2.32 bits per heavy atom. The van der Waals surface area contributed by atoms with Crippen LogP contribution in [0.5, 0.6) is 0 Å². The van der Waals surface area contributed by atoms with Gasteiger partial charge in [0.15, 0.2) is 0 Å². The van der Waals surface area contributed by atoms with Crippen LogP contribution in [0.3, 0.4) is 0 Å². The number of methoxy groups -OCH3 is 1. The van der Waals surface area contributed by atoms with Gasteiger partial charge < -0.3 is 14.8 Å². The Morgan fingerprint density at radius 1 is 1.47 bits per heavy atom. The van der Waals surface area contributed by atoms with E-state index >= 15 is 0 Å². The van der Waals surface area contributed by atoms with Crippen LogP contribution >= 0.6 is 23.2 Å². The van der Waals surface area contributed by atoms with Gasteiger partial charge in [0.2, 0.25) is 0 Å². The number of hydrogen-bond acceptors (Lipinski definition) is 3. The summed E-state index contributed by atoms with van der Waals surface area (Å²) in [6.45, 7) is 3.02. The lowest BCUT2D eigenvalue weighted by Gasteiger charge is -2.25. The Hall–Kier alpha value is -0.320. The van der Waals surface area contributed by atoms with Crippen molar-refractivity contribution in [3.05, 3.63) is 33.8 Å². The van der Waals surface area contributed by atoms with Gasteiger partial charge in [-0.25, -0.2) is 0 Å². The van der Waals surface area contributed by atoms with E-state index in [2.05, 4.69) is 5.32 Å². The van der Waals surface area contributed by atoms with Crippen molar-refractivity contribution in [2.75, 3.05) is 33.5 Å². The minimum absolute atomic E-state index is 0.156. The molecule has 2 atom stereocenters. The molecule has 2 rings (SSSR count). The first-order chi connectivity index (χ1) is 9.22. The lowest BCUT2D eigenvalue weighted by Crippen LogP contribution is -2.31. The summed E-state index contributed by atoms with van der Waals surface area (Å²) in [5.74, 6) is 0.424. The van der Waals surface area contributed by atoms with Crippen LogP contribution < -0.4 is 5.32 Å². The second-order valence-electron chi connectivity index (χ2n) is 4.71. The average molecular weight is 304 g/mol. The standard InChI is InChI=1S/C14H19Cl2NO2/c1-18-7-5-17-14(10-4-6-19-9-10)12-8-11(15)2-3-13(12)16/h2-3,8,10,14,17H,4-7,9H2,1H3/t10-,14+/m1/s1. The molecular formula is C14H19Cl2NO2. The zero-order chi connectivity index (χ0) is 13.7. The van der Waals surface area contributed by atoms with Crippen LogP contribution in [-0.4, -0.2) is 33.5 Å². The maximum atomic E-state index is 6.31. The molecular weight excluding hydrogens is 285 g/mol. The molecule has 19 heavy (non-hydrogen) atoms. The van der Waals surface area contributed by atoms with Crippen LogP contribution in [0.15, 0.2) is 18.2 Å². The molecule has 1 aromatic rings. The van der Waals surface area contributed by atoms with Crippen molar-refractivity contribution >= 4 is 23.2 Å². The molecule has 1 heterocycles.